The highest BCUT2D eigenvalue weighted by molar-refractivity contribution is 5.79. The van der Waals surface area contributed by atoms with Crippen LogP contribution < -0.4 is 4.74 Å². The minimum Gasteiger partial charge on any atom is -0.497 e. The van der Waals surface area contributed by atoms with Gasteiger partial charge in [0.1, 0.15) is 11.6 Å². The van der Waals surface area contributed by atoms with Crippen molar-refractivity contribution in [2.75, 3.05) is 13.7 Å². The van der Waals surface area contributed by atoms with Crippen LogP contribution in [0.15, 0.2) is 24.3 Å². The van der Waals surface area contributed by atoms with E-state index >= 15 is 0 Å². The molecule has 0 spiro atoms. The van der Waals surface area contributed by atoms with Crippen LogP contribution in [0.1, 0.15) is 64.4 Å². The predicted octanol–water partition coefficient (Wildman–Crippen LogP) is 5.07. The van der Waals surface area contributed by atoms with Crippen LogP contribution in [0, 0.1) is 11.3 Å². The van der Waals surface area contributed by atoms with Gasteiger partial charge in [-0.05, 0) is 42.5 Å². The van der Waals surface area contributed by atoms with Crippen LogP contribution in [-0.4, -0.2) is 34.0 Å². The van der Waals surface area contributed by atoms with Crippen LogP contribution in [0.3, 0.4) is 0 Å². The van der Waals surface area contributed by atoms with Crippen LogP contribution in [0.25, 0.3) is 11.3 Å². The summed E-state index contributed by atoms with van der Waals surface area (Å²) in [5.74, 6) is 2.54. The Hall–Kier alpha value is -2.30. The monoisotopic (exact) mass is 409 g/mol. The van der Waals surface area contributed by atoms with Gasteiger partial charge >= 0.3 is 0 Å². The molecule has 0 saturated heterocycles. The zero-order valence-corrected chi connectivity index (χ0v) is 18.9. The van der Waals surface area contributed by atoms with Crippen LogP contribution >= 0.6 is 0 Å². The van der Waals surface area contributed by atoms with E-state index in [-0.39, 0.29) is 11.3 Å². The van der Waals surface area contributed by atoms with Gasteiger partial charge in [-0.1, -0.05) is 40.0 Å². The Labute approximate surface area is 180 Å². The molecular formula is C25H35N3O2. The molecule has 1 aliphatic carbocycles. The van der Waals surface area contributed by atoms with Crippen molar-refractivity contribution in [1.29, 1.82) is 0 Å². The fraction of sp³-hybridized carbons (Fsp3) is 0.600. The summed E-state index contributed by atoms with van der Waals surface area (Å²) in [4.78, 5) is 20.4. The van der Waals surface area contributed by atoms with E-state index in [1.165, 1.54) is 25.0 Å². The average Bonchev–Trinajstić information content (AvgIpc) is 3.10. The molecule has 1 saturated carbocycles. The van der Waals surface area contributed by atoms with E-state index in [9.17, 15) is 4.79 Å². The number of hydrogen-bond donors (Lipinski definition) is 0. The van der Waals surface area contributed by atoms with Gasteiger partial charge in [0.2, 0.25) is 5.91 Å². The second kappa shape index (κ2) is 8.44. The van der Waals surface area contributed by atoms with Crippen molar-refractivity contribution in [3.05, 3.63) is 35.8 Å². The number of rotatable bonds is 4. The number of methoxy groups -OCH3 is 1. The first-order chi connectivity index (χ1) is 14.4. The van der Waals surface area contributed by atoms with E-state index in [4.69, 9.17) is 9.72 Å². The van der Waals surface area contributed by atoms with E-state index in [0.717, 1.165) is 55.2 Å². The molecule has 1 amide bonds. The Kier molecular flexibility index (Phi) is 5.90. The lowest BCUT2D eigenvalue weighted by Crippen LogP contribution is -2.42. The van der Waals surface area contributed by atoms with Crippen molar-refractivity contribution in [3.8, 4) is 17.0 Å². The van der Waals surface area contributed by atoms with Gasteiger partial charge in [-0.15, -0.1) is 0 Å². The van der Waals surface area contributed by atoms with E-state index in [0.29, 0.717) is 12.5 Å². The number of imidazole rings is 1. The Morgan fingerprint density at radius 1 is 1.10 bits per heavy atom. The molecule has 30 heavy (non-hydrogen) atoms. The Balaban J connectivity index is 1.66. The Morgan fingerprint density at radius 3 is 2.43 bits per heavy atom. The quantitative estimate of drug-likeness (QED) is 0.708. The molecule has 1 aromatic heterocycles. The minimum absolute atomic E-state index is 0.161. The second-order valence-corrected chi connectivity index (χ2v) is 10.0. The molecule has 2 aromatic rings. The third kappa shape index (κ3) is 4.40. The highest BCUT2D eigenvalue weighted by Crippen LogP contribution is 2.33. The summed E-state index contributed by atoms with van der Waals surface area (Å²) in [6.07, 6.45) is 6.68. The third-order valence-electron chi connectivity index (χ3n) is 6.40. The lowest BCUT2D eigenvalue weighted by molar-refractivity contribution is -0.138. The number of benzene rings is 1. The van der Waals surface area contributed by atoms with Crippen molar-refractivity contribution in [2.24, 2.45) is 11.3 Å². The van der Waals surface area contributed by atoms with E-state index < -0.39 is 0 Å². The van der Waals surface area contributed by atoms with Crippen LogP contribution in [0.2, 0.25) is 0 Å². The Bertz CT molecular complexity index is 886. The highest BCUT2D eigenvalue weighted by atomic mass is 16.5. The number of carbonyl (C=O) groups is 1. The number of amides is 1. The van der Waals surface area contributed by atoms with Crippen molar-refractivity contribution in [2.45, 2.75) is 72.4 Å². The number of aromatic nitrogens is 2. The molecule has 0 atom stereocenters. The van der Waals surface area contributed by atoms with Crippen LogP contribution in [-0.2, 0) is 24.3 Å². The van der Waals surface area contributed by atoms with Gasteiger partial charge in [-0.25, -0.2) is 4.98 Å². The number of carbonyl (C=O) groups excluding carboxylic acids is 1. The van der Waals surface area contributed by atoms with E-state index in [1.54, 1.807) is 7.11 Å². The average molecular weight is 410 g/mol. The first kappa shape index (κ1) is 21.0. The number of nitrogens with zero attached hydrogens (tertiary/aromatic N) is 3. The third-order valence-corrected chi connectivity index (χ3v) is 6.40. The maximum atomic E-state index is 13.2. The molecule has 2 aliphatic rings. The standard InChI is InChI=1S/C25H35N3O2/c1-25(2,3)16-22-26-23(18-10-12-20(30-4)13-11-18)21-17-27(14-15-28(21)22)24(29)19-8-6-5-7-9-19/h10-13,19H,5-9,14-17H2,1-4H3. The fourth-order valence-corrected chi connectivity index (χ4v) is 4.83. The van der Waals surface area contributed by atoms with E-state index in [2.05, 4.69) is 42.4 Å². The summed E-state index contributed by atoms with van der Waals surface area (Å²) in [6, 6.07) is 8.12. The molecule has 4 rings (SSSR count). The molecule has 1 aliphatic heterocycles. The second-order valence-electron chi connectivity index (χ2n) is 10.0. The topological polar surface area (TPSA) is 47.4 Å². The van der Waals surface area contributed by atoms with Crippen LogP contribution in [0.5, 0.6) is 5.75 Å². The van der Waals surface area contributed by atoms with Gasteiger partial charge in [0, 0.05) is 31.0 Å². The molecule has 0 N–H and O–H groups in total. The predicted molar refractivity (Wildman–Crippen MR) is 119 cm³/mol. The number of ether oxygens (including phenoxy) is 1. The van der Waals surface area contributed by atoms with Gasteiger partial charge in [0.25, 0.3) is 0 Å². The van der Waals surface area contributed by atoms with Crippen molar-refractivity contribution in [1.82, 2.24) is 14.5 Å². The summed E-state index contributed by atoms with van der Waals surface area (Å²) < 4.78 is 7.70. The molecule has 0 unspecified atom stereocenters. The first-order valence-corrected chi connectivity index (χ1v) is 11.4. The van der Waals surface area contributed by atoms with Gasteiger partial charge in [-0.3, -0.25) is 4.79 Å². The molecule has 0 bridgehead atoms. The molecule has 1 fully saturated rings. The zero-order valence-electron chi connectivity index (χ0n) is 18.9. The lowest BCUT2D eigenvalue weighted by Gasteiger charge is -2.34. The number of fused-ring (bicyclic) bond motifs is 1. The van der Waals surface area contributed by atoms with Crippen molar-refractivity contribution >= 4 is 5.91 Å². The summed E-state index contributed by atoms with van der Waals surface area (Å²) in [7, 11) is 1.68. The molecular weight excluding hydrogens is 374 g/mol. The summed E-state index contributed by atoms with van der Waals surface area (Å²) >= 11 is 0. The fourth-order valence-electron chi connectivity index (χ4n) is 4.83. The normalized spacial score (nSPS) is 17.7. The largest absolute Gasteiger partial charge is 0.497 e. The Morgan fingerprint density at radius 2 is 1.80 bits per heavy atom. The van der Waals surface area contributed by atoms with Gasteiger partial charge in [0.15, 0.2) is 0 Å². The highest BCUT2D eigenvalue weighted by Gasteiger charge is 2.32. The van der Waals surface area contributed by atoms with E-state index in [1.807, 2.05) is 12.1 Å². The van der Waals surface area contributed by atoms with Gasteiger partial charge in [-0.2, -0.15) is 0 Å². The first-order valence-electron chi connectivity index (χ1n) is 11.4. The smallest absolute Gasteiger partial charge is 0.226 e. The SMILES string of the molecule is COc1ccc(-c2nc(CC(C)(C)C)n3c2CN(C(=O)C2CCCCC2)CC3)cc1. The minimum atomic E-state index is 0.161. The lowest BCUT2D eigenvalue weighted by atomic mass is 9.88. The summed E-state index contributed by atoms with van der Waals surface area (Å²) in [6.45, 7) is 9.05. The molecule has 1 aromatic carbocycles. The van der Waals surface area contributed by atoms with Gasteiger partial charge in [0.05, 0.1) is 25.0 Å². The molecule has 5 nitrogen and oxygen atoms in total. The number of hydrogen-bond acceptors (Lipinski definition) is 3. The van der Waals surface area contributed by atoms with Gasteiger partial charge < -0.3 is 14.2 Å². The maximum Gasteiger partial charge on any atom is 0.226 e. The summed E-state index contributed by atoms with van der Waals surface area (Å²) in [5.41, 5.74) is 3.44. The van der Waals surface area contributed by atoms with Crippen LogP contribution in [0.4, 0.5) is 0 Å². The zero-order chi connectivity index (χ0) is 21.3. The maximum absolute atomic E-state index is 13.2. The van der Waals surface area contributed by atoms with Crippen molar-refractivity contribution < 1.29 is 9.53 Å². The van der Waals surface area contributed by atoms with Crippen molar-refractivity contribution in [3.63, 3.8) is 0 Å². The summed E-state index contributed by atoms with van der Waals surface area (Å²) in [5, 5.41) is 0. The molecule has 0 radical (unpaired) electrons. The molecule has 2 heterocycles. The molecule has 5 heteroatoms. The molecule has 162 valence electrons.